The van der Waals surface area contributed by atoms with E-state index in [1.807, 2.05) is 25.1 Å². The fourth-order valence-corrected chi connectivity index (χ4v) is 4.71. The third-order valence-corrected chi connectivity index (χ3v) is 6.23. The zero-order valence-corrected chi connectivity index (χ0v) is 17.1. The molecule has 3 aliphatic heterocycles. The Morgan fingerprint density at radius 1 is 0.968 bits per heavy atom. The molecule has 2 saturated heterocycles. The Kier molecular flexibility index (Phi) is 4.46. The van der Waals surface area contributed by atoms with Crippen molar-refractivity contribution >= 4 is 29.5 Å². The van der Waals surface area contributed by atoms with Crippen molar-refractivity contribution in [2.75, 3.05) is 12.0 Å². The van der Waals surface area contributed by atoms with Crippen molar-refractivity contribution in [2.45, 2.75) is 19.0 Å². The number of imide groups is 1. The van der Waals surface area contributed by atoms with Crippen molar-refractivity contribution in [3.8, 4) is 5.75 Å². The number of hydrazone groups is 1. The number of carbonyl (C=O) groups excluding carboxylic acids is 3. The molecule has 0 N–H and O–H groups in total. The van der Waals surface area contributed by atoms with E-state index in [1.54, 1.807) is 60.8 Å². The van der Waals surface area contributed by atoms with E-state index in [1.165, 1.54) is 4.90 Å². The molecule has 3 aliphatic rings. The molecule has 0 radical (unpaired) electrons. The Labute approximate surface area is 179 Å². The van der Waals surface area contributed by atoms with Gasteiger partial charge in [0.05, 0.1) is 30.7 Å². The lowest BCUT2D eigenvalue weighted by atomic mass is 9.86. The van der Waals surface area contributed by atoms with Crippen LogP contribution in [0.15, 0.2) is 65.8 Å². The second-order valence-electron chi connectivity index (χ2n) is 7.96. The predicted octanol–water partition coefficient (Wildman–Crippen LogP) is 2.60. The van der Waals surface area contributed by atoms with Crippen molar-refractivity contribution in [3.05, 3.63) is 71.8 Å². The predicted molar refractivity (Wildman–Crippen MR) is 115 cm³/mol. The van der Waals surface area contributed by atoms with Gasteiger partial charge in [0, 0.05) is 11.8 Å². The summed E-state index contributed by atoms with van der Waals surface area (Å²) in [6.45, 7) is 1.94. The number of hydrogen-bond acceptors (Lipinski definition) is 6. The highest BCUT2D eigenvalue weighted by atomic mass is 16.5. The van der Waals surface area contributed by atoms with Crippen LogP contribution in [0, 0.1) is 18.8 Å². The summed E-state index contributed by atoms with van der Waals surface area (Å²) in [5, 5.41) is 5.98. The molecule has 2 aromatic carbocycles. The summed E-state index contributed by atoms with van der Waals surface area (Å²) in [5.41, 5.74) is 2.01. The van der Waals surface area contributed by atoms with E-state index in [9.17, 15) is 14.4 Å². The first-order chi connectivity index (χ1) is 15.0. The summed E-state index contributed by atoms with van der Waals surface area (Å²) >= 11 is 0. The number of fused-ring (bicyclic) bond motifs is 3. The first-order valence-corrected chi connectivity index (χ1v) is 10.1. The van der Waals surface area contributed by atoms with Crippen molar-refractivity contribution in [2.24, 2.45) is 16.9 Å². The topological polar surface area (TPSA) is 79.3 Å². The molecule has 31 heavy (non-hydrogen) atoms. The van der Waals surface area contributed by atoms with Gasteiger partial charge in [-0.3, -0.25) is 19.4 Å². The van der Waals surface area contributed by atoms with Crippen LogP contribution >= 0.6 is 0 Å². The Bertz CT molecular complexity index is 1120. The highest BCUT2D eigenvalue weighted by molar-refractivity contribution is 6.24. The fourth-order valence-electron chi connectivity index (χ4n) is 4.71. The van der Waals surface area contributed by atoms with Crippen LogP contribution in [0.25, 0.3) is 0 Å². The van der Waals surface area contributed by atoms with Crippen LogP contribution in [-0.4, -0.2) is 48.0 Å². The average Bonchev–Trinajstić information content (AvgIpc) is 3.27. The molecule has 2 amide bonds. The SMILES string of the molecule is COc1ccc(C(=O)[C@H]2[C@H]3C(=O)N(c4ccc(C)cc4)C(=O)[C@H]3[C@H]3C=CC=NN32)cc1. The van der Waals surface area contributed by atoms with E-state index in [2.05, 4.69) is 5.10 Å². The van der Waals surface area contributed by atoms with Crippen LogP contribution in [0.2, 0.25) is 0 Å². The maximum Gasteiger partial charge on any atom is 0.240 e. The quantitative estimate of drug-likeness (QED) is 0.567. The van der Waals surface area contributed by atoms with E-state index in [0.29, 0.717) is 17.0 Å². The van der Waals surface area contributed by atoms with Crippen molar-refractivity contribution in [1.29, 1.82) is 0 Å². The normalized spacial score (nSPS) is 26.3. The molecule has 5 rings (SSSR count). The van der Waals surface area contributed by atoms with Crippen molar-refractivity contribution < 1.29 is 19.1 Å². The van der Waals surface area contributed by atoms with Gasteiger partial charge in [0.25, 0.3) is 0 Å². The molecular formula is C24H21N3O4. The Morgan fingerprint density at radius 2 is 1.65 bits per heavy atom. The minimum absolute atomic E-state index is 0.237. The molecule has 3 heterocycles. The number of nitrogens with zero attached hydrogens (tertiary/aromatic N) is 3. The van der Waals surface area contributed by atoms with E-state index in [-0.39, 0.29) is 17.6 Å². The molecule has 4 atom stereocenters. The minimum atomic E-state index is -0.850. The third-order valence-electron chi connectivity index (χ3n) is 6.23. The standard InChI is InChI=1S/C24H21N3O4/c1-14-5-9-16(10-6-14)26-23(29)19-18-4-3-13-25-27(18)21(20(19)24(26)30)22(28)15-7-11-17(31-2)12-8-15/h3-13,18-21H,1-2H3/t18-,19+,20+,21-/m1/s1. The van der Waals surface area contributed by atoms with Crippen LogP contribution in [0.5, 0.6) is 5.75 Å². The highest BCUT2D eigenvalue weighted by Gasteiger charge is 2.64. The Morgan fingerprint density at radius 3 is 2.32 bits per heavy atom. The molecular weight excluding hydrogens is 394 g/mol. The molecule has 0 saturated carbocycles. The van der Waals surface area contributed by atoms with Gasteiger partial charge in [-0.15, -0.1) is 0 Å². The number of benzene rings is 2. The molecule has 7 nitrogen and oxygen atoms in total. The fraction of sp³-hybridized carbons (Fsp3) is 0.250. The van der Waals surface area contributed by atoms with Gasteiger partial charge < -0.3 is 4.74 Å². The third kappa shape index (κ3) is 2.88. The molecule has 0 spiro atoms. The van der Waals surface area contributed by atoms with Crippen LogP contribution in [0.1, 0.15) is 15.9 Å². The number of Topliss-reactive ketones (excluding diaryl/α,β-unsaturated/α-hetero) is 1. The van der Waals surface area contributed by atoms with Gasteiger partial charge in [0.15, 0.2) is 5.78 Å². The van der Waals surface area contributed by atoms with Crippen LogP contribution < -0.4 is 9.64 Å². The molecule has 0 aromatic heterocycles. The van der Waals surface area contributed by atoms with Crippen molar-refractivity contribution in [1.82, 2.24) is 5.01 Å². The molecule has 2 fully saturated rings. The monoisotopic (exact) mass is 415 g/mol. The highest BCUT2D eigenvalue weighted by Crippen LogP contribution is 2.46. The van der Waals surface area contributed by atoms with E-state index in [0.717, 1.165) is 5.56 Å². The summed E-state index contributed by atoms with van der Waals surface area (Å²) in [6, 6.07) is 12.7. The molecule has 2 aromatic rings. The van der Waals surface area contributed by atoms with Gasteiger partial charge in [-0.1, -0.05) is 23.8 Å². The number of anilines is 1. The number of ketones is 1. The maximum absolute atomic E-state index is 13.5. The Hall–Kier alpha value is -3.74. The van der Waals surface area contributed by atoms with Gasteiger partial charge in [0.1, 0.15) is 11.8 Å². The number of allylic oxidation sites excluding steroid dienone is 1. The number of methoxy groups -OCH3 is 1. The van der Waals surface area contributed by atoms with Crippen LogP contribution in [-0.2, 0) is 9.59 Å². The van der Waals surface area contributed by atoms with E-state index >= 15 is 0 Å². The summed E-state index contributed by atoms with van der Waals surface area (Å²) < 4.78 is 5.17. The number of aryl methyl sites for hydroxylation is 1. The molecule has 7 heteroatoms. The average molecular weight is 415 g/mol. The summed E-state index contributed by atoms with van der Waals surface area (Å²) in [5.74, 6) is -1.71. The first-order valence-electron chi connectivity index (χ1n) is 10.1. The zero-order valence-electron chi connectivity index (χ0n) is 17.1. The lowest BCUT2D eigenvalue weighted by Gasteiger charge is -2.30. The smallest absolute Gasteiger partial charge is 0.240 e. The number of rotatable bonds is 4. The summed E-state index contributed by atoms with van der Waals surface area (Å²) in [6.07, 6.45) is 5.18. The number of hydrogen-bond donors (Lipinski definition) is 0. The maximum atomic E-state index is 13.5. The molecule has 0 unspecified atom stereocenters. The number of carbonyl (C=O) groups is 3. The van der Waals surface area contributed by atoms with E-state index in [4.69, 9.17) is 4.74 Å². The molecule has 0 bridgehead atoms. The second kappa shape index (κ2) is 7.19. The number of amides is 2. The number of ether oxygens (including phenoxy) is 1. The first kappa shape index (κ1) is 19.2. The lowest BCUT2D eigenvalue weighted by molar-refractivity contribution is -0.123. The van der Waals surface area contributed by atoms with Crippen LogP contribution in [0.3, 0.4) is 0 Å². The van der Waals surface area contributed by atoms with Gasteiger partial charge in [0.2, 0.25) is 11.8 Å². The van der Waals surface area contributed by atoms with E-state index < -0.39 is 23.9 Å². The zero-order chi connectivity index (χ0) is 21.7. The van der Waals surface area contributed by atoms with Gasteiger partial charge in [-0.05, 0) is 49.4 Å². The largest absolute Gasteiger partial charge is 0.497 e. The lowest BCUT2D eigenvalue weighted by Crippen LogP contribution is -2.46. The Balaban J connectivity index is 1.55. The minimum Gasteiger partial charge on any atom is -0.497 e. The van der Waals surface area contributed by atoms with Gasteiger partial charge in [-0.25, -0.2) is 4.90 Å². The van der Waals surface area contributed by atoms with Gasteiger partial charge in [-0.2, -0.15) is 5.10 Å². The molecule has 0 aliphatic carbocycles. The van der Waals surface area contributed by atoms with Gasteiger partial charge >= 0.3 is 0 Å². The van der Waals surface area contributed by atoms with Crippen molar-refractivity contribution in [3.63, 3.8) is 0 Å². The molecule has 156 valence electrons. The summed E-state index contributed by atoms with van der Waals surface area (Å²) in [4.78, 5) is 41.6. The second-order valence-corrected chi connectivity index (χ2v) is 7.96. The van der Waals surface area contributed by atoms with Crippen LogP contribution in [0.4, 0.5) is 5.69 Å². The summed E-state index contributed by atoms with van der Waals surface area (Å²) in [7, 11) is 1.56.